The number of nitro groups is 1. The lowest BCUT2D eigenvalue weighted by Gasteiger charge is -2.31. The third-order valence-electron chi connectivity index (χ3n) is 5.35. The Kier molecular flexibility index (Phi) is 7.74. The number of allylic oxidation sites excluding steroid dienone is 3. The Morgan fingerprint density at radius 3 is 2.68 bits per heavy atom. The van der Waals surface area contributed by atoms with Gasteiger partial charge in [-0.1, -0.05) is 6.08 Å². The van der Waals surface area contributed by atoms with Gasteiger partial charge in [0.1, 0.15) is 12.4 Å². The quantitative estimate of drug-likeness (QED) is 0.315. The summed E-state index contributed by atoms with van der Waals surface area (Å²) < 4.78 is 35.1. The summed E-state index contributed by atoms with van der Waals surface area (Å²) in [7, 11) is -3.42. The third kappa shape index (κ3) is 6.08. The number of hydrogen-bond donors (Lipinski definition) is 0. The minimum atomic E-state index is -3.42. The van der Waals surface area contributed by atoms with Gasteiger partial charge in [0.25, 0.3) is 5.88 Å². The first-order valence-electron chi connectivity index (χ1n) is 10.4. The lowest BCUT2D eigenvalue weighted by molar-refractivity contribution is -0.387. The van der Waals surface area contributed by atoms with Crippen LogP contribution in [0.5, 0.6) is 5.88 Å². The van der Waals surface area contributed by atoms with Crippen molar-refractivity contribution in [3.63, 3.8) is 0 Å². The lowest BCUT2D eigenvalue weighted by atomic mass is 10.0. The fourth-order valence-electron chi connectivity index (χ4n) is 3.71. The van der Waals surface area contributed by atoms with Crippen molar-refractivity contribution < 1.29 is 22.8 Å². The smallest absolute Gasteiger partial charge is 0.356 e. The Morgan fingerprint density at radius 2 is 2.03 bits per heavy atom. The van der Waals surface area contributed by atoms with Gasteiger partial charge in [-0.25, -0.2) is 13.4 Å². The molecule has 0 radical (unpaired) electrons. The van der Waals surface area contributed by atoms with E-state index in [0.717, 1.165) is 38.7 Å². The van der Waals surface area contributed by atoms with Gasteiger partial charge in [-0.2, -0.15) is 4.98 Å². The van der Waals surface area contributed by atoms with Crippen molar-refractivity contribution in [2.75, 3.05) is 39.1 Å². The Hall–Kier alpha value is -2.37. The summed E-state index contributed by atoms with van der Waals surface area (Å²) in [5.41, 5.74) is 0.285. The molecule has 1 aromatic heterocycles. The highest BCUT2D eigenvalue weighted by Gasteiger charge is 2.30. The molecule has 0 atom stereocenters. The Balaban J connectivity index is 1.77. The first-order chi connectivity index (χ1) is 14.8. The van der Waals surface area contributed by atoms with Crippen molar-refractivity contribution in [2.24, 2.45) is 0 Å². The van der Waals surface area contributed by atoms with E-state index in [4.69, 9.17) is 9.47 Å². The van der Waals surface area contributed by atoms with E-state index in [1.807, 2.05) is 6.92 Å². The third-order valence-corrected chi connectivity index (χ3v) is 6.49. The van der Waals surface area contributed by atoms with Gasteiger partial charge in [-0.15, -0.1) is 0 Å². The molecule has 1 saturated heterocycles. The Labute approximate surface area is 182 Å². The van der Waals surface area contributed by atoms with Crippen LogP contribution in [-0.4, -0.2) is 73.4 Å². The molecule has 0 spiro atoms. The van der Waals surface area contributed by atoms with E-state index in [2.05, 4.69) is 14.9 Å². The van der Waals surface area contributed by atoms with Crippen LogP contribution in [0.2, 0.25) is 0 Å². The summed E-state index contributed by atoms with van der Waals surface area (Å²) in [4.78, 5) is 21.9. The van der Waals surface area contributed by atoms with Gasteiger partial charge < -0.3 is 14.4 Å². The second-order valence-corrected chi connectivity index (χ2v) is 9.59. The summed E-state index contributed by atoms with van der Waals surface area (Å²) in [6, 6.07) is 0. The van der Waals surface area contributed by atoms with Crippen LogP contribution in [0, 0.1) is 10.1 Å². The van der Waals surface area contributed by atoms with Gasteiger partial charge in [0, 0.05) is 32.5 Å². The molecule has 0 unspecified atom stereocenters. The number of piperidine rings is 1. The summed E-state index contributed by atoms with van der Waals surface area (Å²) in [5, 5.41) is 11.9. The van der Waals surface area contributed by atoms with E-state index in [9.17, 15) is 18.5 Å². The largest absolute Gasteiger partial charge is 0.469 e. The van der Waals surface area contributed by atoms with E-state index in [0.29, 0.717) is 31.6 Å². The van der Waals surface area contributed by atoms with Crippen molar-refractivity contribution >= 4 is 21.1 Å². The maximum atomic E-state index is 11.9. The second kappa shape index (κ2) is 10.3. The highest BCUT2D eigenvalue weighted by atomic mass is 32.2. The average Bonchev–Trinajstić information content (AvgIpc) is 2.74. The molecule has 11 heteroatoms. The minimum Gasteiger partial charge on any atom is -0.469 e. The van der Waals surface area contributed by atoms with Crippen LogP contribution < -0.4 is 4.74 Å². The van der Waals surface area contributed by atoms with Crippen LogP contribution in [0.1, 0.15) is 38.3 Å². The molecule has 0 amide bonds. The van der Waals surface area contributed by atoms with E-state index in [-0.39, 0.29) is 28.3 Å². The zero-order valence-corrected chi connectivity index (χ0v) is 18.6. The predicted octanol–water partition coefficient (Wildman–Crippen LogP) is 2.37. The van der Waals surface area contributed by atoms with Gasteiger partial charge in [-0.3, -0.25) is 10.1 Å². The summed E-state index contributed by atoms with van der Waals surface area (Å²) in [6.07, 6.45) is 7.60. The van der Waals surface area contributed by atoms with Crippen molar-refractivity contribution in [3.8, 4) is 5.88 Å². The molecule has 0 aromatic carbocycles. The predicted molar refractivity (Wildman–Crippen MR) is 115 cm³/mol. The number of rotatable bonds is 9. The van der Waals surface area contributed by atoms with Crippen LogP contribution in [0.3, 0.4) is 0 Å². The standard InChI is InChI=1S/C20H28N4O6S/c1-3-29-12-11-23-9-7-16(8-10-23)30-20-19(24(25)26)18(21-14-22-20)15-5-4-6-17(13-15)31(2,27)28/h6,13-14,16H,3-5,7-12H2,1-2H3. The van der Waals surface area contributed by atoms with Crippen LogP contribution in [0.4, 0.5) is 5.69 Å². The maximum absolute atomic E-state index is 11.9. The molecule has 0 N–H and O–H groups in total. The van der Waals surface area contributed by atoms with Crippen LogP contribution in [-0.2, 0) is 14.6 Å². The monoisotopic (exact) mass is 452 g/mol. The molecule has 1 aliphatic carbocycles. The van der Waals surface area contributed by atoms with Gasteiger partial charge in [0.15, 0.2) is 15.5 Å². The lowest BCUT2D eigenvalue weighted by Crippen LogP contribution is -2.40. The molecule has 3 rings (SSSR count). The minimum absolute atomic E-state index is 0.0703. The van der Waals surface area contributed by atoms with Crippen molar-refractivity contribution in [1.29, 1.82) is 0 Å². The van der Waals surface area contributed by atoms with Crippen LogP contribution in [0.25, 0.3) is 5.57 Å². The van der Waals surface area contributed by atoms with Crippen LogP contribution in [0.15, 0.2) is 23.4 Å². The number of sulfone groups is 1. The first-order valence-corrected chi connectivity index (χ1v) is 12.3. The fourth-order valence-corrected chi connectivity index (χ4v) is 4.49. The van der Waals surface area contributed by atoms with Crippen molar-refractivity contribution in [2.45, 2.75) is 38.7 Å². The molecule has 170 valence electrons. The molecular weight excluding hydrogens is 424 g/mol. The van der Waals surface area contributed by atoms with Gasteiger partial charge in [0.05, 0.1) is 16.4 Å². The first kappa shape index (κ1) is 23.3. The number of likely N-dealkylation sites (tertiary alicyclic amines) is 1. The van der Waals surface area contributed by atoms with E-state index in [1.54, 1.807) is 6.08 Å². The van der Waals surface area contributed by atoms with Gasteiger partial charge >= 0.3 is 5.69 Å². The topological polar surface area (TPSA) is 125 Å². The molecule has 2 heterocycles. The van der Waals surface area contributed by atoms with E-state index in [1.165, 1.54) is 12.4 Å². The molecule has 1 fully saturated rings. The normalized spacial score (nSPS) is 18.4. The summed E-state index contributed by atoms with van der Waals surface area (Å²) in [6.45, 7) is 5.82. The van der Waals surface area contributed by atoms with Crippen molar-refractivity contribution in [3.05, 3.63) is 39.2 Å². The highest BCUT2D eigenvalue weighted by molar-refractivity contribution is 7.94. The zero-order valence-electron chi connectivity index (χ0n) is 17.8. The molecule has 1 aliphatic heterocycles. The number of ether oxygens (including phenoxy) is 2. The van der Waals surface area contributed by atoms with Gasteiger partial charge in [-0.05, 0) is 44.3 Å². The van der Waals surface area contributed by atoms with Crippen LogP contribution >= 0.6 is 0 Å². The van der Waals surface area contributed by atoms with Gasteiger partial charge in [0.2, 0.25) is 0 Å². The molecule has 0 saturated carbocycles. The van der Waals surface area contributed by atoms with E-state index >= 15 is 0 Å². The van der Waals surface area contributed by atoms with Crippen molar-refractivity contribution in [1.82, 2.24) is 14.9 Å². The average molecular weight is 453 g/mol. The Morgan fingerprint density at radius 1 is 1.29 bits per heavy atom. The Bertz CT molecular complexity index is 968. The molecule has 0 bridgehead atoms. The number of aromatic nitrogens is 2. The molecule has 31 heavy (non-hydrogen) atoms. The van der Waals surface area contributed by atoms with E-state index < -0.39 is 14.8 Å². The molecule has 1 aromatic rings. The maximum Gasteiger partial charge on any atom is 0.356 e. The number of nitrogens with zero attached hydrogens (tertiary/aromatic N) is 4. The SMILES string of the molecule is CCOCCN1CCC(Oc2ncnc(C3=CC(S(C)(=O)=O)=CCC3)c2[N+](=O)[O-])CC1. The summed E-state index contributed by atoms with van der Waals surface area (Å²) in [5.74, 6) is -0.0703. The number of hydrogen-bond acceptors (Lipinski definition) is 9. The zero-order chi connectivity index (χ0) is 22.4. The second-order valence-electron chi connectivity index (χ2n) is 7.58. The fraction of sp³-hybridized carbons (Fsp3) is 0.600. The molecule has 10 nitrogen and oxygen atoms in total. The molecule has 2 aliphatic rings. The highest BCUT2D eigenvalue weighted by Crippen LogP contribution is 2.37. The summed E-state index contributed by atoms with van der Waals surface area (Å²) >= 11 is 0. The molecular formula is C20H28N4O6S.